The van der Waals surface area contributed by atoms with Gasteiger partial charge < -0.3 is 20.3 Å². The molecule has 0 spiro atoms. The van der Waals surface area contributed by atoms with E-state index < -0.39 is 12.1 Å². The molecule has 1 amide bonds. The zero-order valence-corrected chi connectivity index (χ0v) is 44.6. The molecule has 0 aromatic heterocycles. The van der Waals surface area contributed by atoms with Gasteiger partial charge >= 0.3 is 5.97 Å². The van der Waals surface area contributed by atoms with E-state index in [4.69, 9.17) is 4.74 Å². The predicted octanol–water partition coefficient (Wildman–Crippen LogP) is 18.2. The van der Waals surface area contributed by atoms with E-state index in [0.717, 1.165) is 57.8 Å². The first-order valence-electron chi connectivity index (χ1n) is 29.4. The standard InChI is InChI=1S/C61H113NO5/c1-3-5-7-9-11-13-15-17-19-21-23-25-27-31-35-39-43-47-51-55-61(66)67-56-52-48-44-40-36-32-28-30-34-38-42-46-50-54-60(65)62-58(57-63)59(64)53-49-45-41-37-33-29-26-24-22-20-18-16-14-12-10-8-6-4-2/h11,13,17,19,30,34,42,46,58-59,63-64H,3-10,12,14-16,18,20-29,31-33,35-41,43-45,47-57H2,1-2H3,(H,62,65)/b13-11-,19-17-,34-30-,46-42-. The number of hydrogen-bond donors (Lipinski definition) is 3. The highest BCUT2D eigenvalue weighted by molar-refractivity contribution is 5.76. The zero-order chi connectivity index (χ0) is 48.6. The summed E-state index contributed by atoms with van der Waals surface area (Å²) in [5.41, 5.74) is 0. The van der Waals surface area contributed by atoms with Crippen LogP contribution in [0.25, 0.3) is 0 Å². The molecule has 0 bridgehead atoms. The smallest absolute Gasteiger partial charge is 0.305 e. The Balaban J connectivity index is 3.53. The van der Waals surface area contributed by atoms with Gasteiger partial charge in [0.25, 0.3) is 0 Å². The predicted molar refractivity (Wildman–Crippen MR) is 292 cm³/mol. The summed E-state index contributed by atoms with van der Waals surface area (Å²) in [7, 11) is 0. The third kappa shape index (κ3) is 53.0. The minimum Gasteiger partial charge on any atom is -0.466 e. The van der Waals surface area contributed by atoms with Crippen molar-refractivity contribution in [2.75, 3.05) is 13.2 Å². The number of amides is 1. The molecule has 2 unspecified atom stereocenters. The largest absolute Gasteiger partial charge is 0.466 e. The van der Waals surface area contributed by atoms with E-state index in [0.29, 0.717) is 32.3 Å². The maximum absolute atomic E-state index is 12.5. The van der Waals surface area contributed by atoms with Crippen molar-refractivity contribution >= 4 is 11.9 Å². The minimum atomic E-state index is -0.701. The molecular formula is C61H113NO5. The highest BCUT2D eigenvalue weighted by atomic mass is 16.5. The van der Waals surface area contributed by atoms with Crippen molar-refractivity contribution in [3.63, 3.8) is 0 Å². The summed E-state index contributed by atoms with van der Waals surface area (Å²) in [6.07, 6.45) is 71.1. The number of allylic oxidation sites excluding steroid dienone is 8. The van der Waals surface area contributed by atoms with E-state index in [1.165, 1.54) is 205 Å². The Morgan fingerprint density at radius 3 is 1.19 bits per heavy atom. The molecule has 0 rings (SSSR count). The molecule has 2 atom stereocenters. The van der Waals surface area contributed by atoms with E-state index in [2.05, 4.69) is 61.7 Å². The lowest BCUT2D eigenvalue weighted by Crippen LogP contribution is -2.45. The van der Waals surface area contributed by atoms with Gasteiger partial charge in [0.05, 0.1) is 25.4 Å². The molecule has 0 heterocycles. The Labute approximate surface area is 416 Å². The summed E-state index contributed by atoms with van der Waals surface area (Å²) < 4.78 is 5.47. The van der Waals surface area contributed by atoms with E-state index >= 15 is 0 Å². The average molecular weight is 941 g/mol. The average Bonchev–Trinajstić information content (AvgIpc) is 3.33. The molecule has 0 aromatic carbocycles. The second kappa shape index (κ2) is 56.4. The second-order valence-corrected chi connectivity index (χ2v) is 20.0. The van der Waals surface area contributed by atoms with Crippen LogP contribution >= 0.6 is 0 Å². The lowest BCUT2D eigenvalue weighted by molar-refractivity contribution is -0.143. The van der Waals surface area contributed by atoms with Crippen molar-refractivity contribution < 1.29 is 24.5 Å². The number of aliphatic hydroxyl groups is 2. The van der Waals surface area contributed by atoms with Gasteiger partial charge in [-0.25, -0.2) is 0 Å². The molecule has 0 saturated carbocycles. The van der Waals surface area contributed by atoms with Gasteiger partial charge in [0.2, 0.25) is 5.91 Å². The van der Waals surface area contributed by atoms with E-state index in [1.807, 2.05) is 6.08 Å². The number of hydrogen-bond acceptors (Lipinski definition) is 5. The van der Waals surface area contributed by atoms with Gasteiger partial charge in [-0.1, -0.05) is 262 Å². The normalized spacial score (nSPS) is 13.0. The maximum Gasteiger partial charge on any atom is 0.305 e. The quantitative estimate of drug-likeness (QED) is 0.0321. The number of carbonyl (C=O) groups is 2. The fraction of sp³-hybridized carbons (Fsp3) is 0.836. The van der Waals surface area contributed by atoms with Crippen molar-refractivity contribution in [1.29, 1.82) is 0 Å². The van der Waals surface area contributed by atoms with Crippen LogP contribution in [0.3, 0.4) is 0 Å². The third-order valence-electron chi connectivity index (χ3n) is 13.4. The zero-order valence-electron chi connectivity index (χ0n) is 44.6. The summed E-state index contributed by atoms with van der Waals surface area (Å²) in [6, 6.07) is -0.587. The summed E-state index contributed by atoms with van der Waals surface area (Å²) >= 11 is 0. The lowest BCUT2D eigenvalue weighted by atomic mass is 10.0. The molecule has 6 heteroatoms. The van der Waals surface area contributed by atoms with Gasteiger partial charge in [0.15, 0.2) is 0 Å². The van der Waals surface area contributed by atoms with Crippen LogP contribution in [-0.4, -0.2) is 47.4 Å². The van der Waals surface area contributed by atoms with Gasteiger partial charge in [0, 0.05) is 12.8 Å². The van der Waals surface area contributed by atoms with Gasteiger partial charge in [-0.3, -0.25) is 9.59 Å². The first-order chi connectivity index (χ1) is 33.0. The topological polar surface area (TPSA) is 95.9 Å². The number of aliphatic hydroxyl groups excluding tert-OH is 2. The van der Waals surface area contributed by atoms with Crippen molar-refractivity contribution in [2.45, 2.75) is 315 Å². The third-order valence-corrected chi connectivity index (χ3v) is 13.4. The fourth-order valence-electron chi connectivity index (χ4n) is 8.84. The Morgan fingerprint density at radius 1 is 0.418 bits per heavy atom. The minimum absolute atomic E-state index is 0.0208. The van der Waals surface area contributed by atoms with Crippen molar-refractivity contribution in [3.8, 4) is 0 Å². The van der Waals surface area contributed by atoms with Crippen LogP contribution in [0.15, 0.2) is 48.6 Å². The van der Waals surface area contributed by atoms with E-state index in [-0.39, 0.29) is 18.5 Å². The first kappa shape index (κ1) is 64.8. The van der Waals surface area contributed by atoms with Crippen molar-refractivity contribution in [2.24, 2.45) is 0 Å². The summed E-state index contributed by atoms with van der Waals surface area (Å²) in [5, 5.41) is 23.2. The monoisotopic (exact) mass is 940 g/mol. The molecule has 67 heavy (non-hydrogen) atoms. The Morgan fingerprint density at radius 2 is 0.761 bits per heavy atom. The molecular weight excluding hydrogens is 827 g/mol. The van der Waals surface area contributed by atoms with Crippen molar-refractivity contribution in [1.82, 2.24) is 5.32 Å². The van der Waals surface area contributed by atoms with E-state index in [9.17, 15) is 19.8 Å². The number of ether oxygens (including phenoxy) is 1. The Bertz CT molecular complexity index is 1130. The molecule has 0 aliphatic heterocycles. The van der Waals surface area contributed by atoms with Crippen LogP contribution in [0, 0.1) is 0 Å². The SMILES string of the molecule is CCCCC/C=C\C/C=C\CCCCCCCCCCCC(=O)OCCCCCCCC/C=C\C/C=C\CCC(=O)NC(CO)C(O)CCCCCCCCCCCCCCCCCCCC. The molecule has 392 valence electrons. The molecule has 3 N–H and O–H groups in total. The molecule has 0 radical (unpaired) electrons. The van der Waals surface area contributed by atoms with Gasteiger partial charge in [-0.15, -0.1) is 0 Å². The molecule has 0 aromatic rings. The molecule has 6 nitrogen and oxygen atoms in total. The fourth-order valence-corrected chi connectivity index (χ4v) is 8.84. The summed E-state index contributed by atoms with van der Waals surface area (Å²) in [4.78, 5) is 24.5. The summed E-state index contributed by atoms with van der Waals surface area (Å²) in [5.74, 6) is -0.135. The Hall–Kier alpha value is -2.18. The van der Waals surface area contributed by atoms with Gasteiger partial charge in [-0.05, 0) is 77.0 Å². The number of nitrogens with one attached hydrogen (secondary N) is 1. The first-order valence-corrected chi connectivity index (χ1v) is 29.4. The van der Waals surface area contributed by atoms with Gasteiger partial charge in [-0.2, -0.15) is 0 Å². The number of esters is 1. The van der Waals surface area contributed by atoms with Crippen LogP contribution in [0.1, 0.15) is 303 Å². The van der Waals surface area contributed by atoms with Gasteiger partial charge in [0.1, 0.15) is 0 Å². The lowest BCUT2D eigenvalue weighted by Gasteiger charge is -2.22. The van der Waals surface area contributed by atoms with Crippen molar-refractivity contribution in [3.05, 3.63) is 48.6 Å². The van der Waals surface area contributed by atoms with Crippen LogP contribution < -0.4 is 5.32 Å². The number of unbranched alkanes of at least 4 members (excludes halogenated alkanes) is 35. The second-order valence-electron chi connectivity index (χ2n) is 20.0. The number of carbonyl (C=O) groups excluding carboxylic acids is 2. The highest BCUT2D eigenvalue weighted by Gasteiger charge is 2.19. The molecule has 0 fully saturated rings. The summed E-state index contributed by atoms with van der Waals surface area (Å²) in [6.45, 7) is 4.87. The highest BCUT2D eigenvalue weighted by Crippen LogP contribution is 2.17. The molecule has 0 aliphatic rings. The maximum atomic E-state index is 12.5. The van der Waals surface area contributed by atoms with Crippen LogP contribution in [0.2, 0.25) is 0 Å². The Kier molecular flexibility index (Phi) is 54.6. The molecule has 0 aliphatic carbocycles. The van der Waals surface area contributed by atoms with E-state index in [1.54, 1.807) is 0 Å². The van der Waals surface area contributed by atoms with Crippen LogP contribution in [0.5, 0.6) is 0 Å². The number of rotatable bonds is 54. The molecule has 0 saturated heterocycles. The van der Waals surface area contributed by atoms with Crippen LogP contribution in [0.4, 0.5) is 0 Å². The van der Waals surface area contributed by atoms with Crippen LogP contribution in [-0.2, 0) is 14.3 Å².